The smallest absolute Gasteiger partial charge is 0.254 e. The first-order valence-corrected chi connectivity index (χ1v) is 11.4. The molecule has 1 saturated carbocycles. The van der Waals surface area contributed by atoms with Gasteiger partial charge in [0.25, 0.3) is 5.56 Å². The quantitative estimate of drug-likeness (QED) is 0.647. The molecular weight excluding hydrogens is 404 g/mol. The zero-order valence-electron chi connectivity index (χ0n) is 18.7. The average Bonchev–Trinajstić information content (AvgIpc) is 2.79. The maximum atomic E-state index is 12.9. The molecule has 2 aromatic heterocycles. The number of nitrogen functional groups attached to an aromatic ring is 1. The van der Waals surface area contributed by atoms with E-state index in [0.717, 1.165) is 56.6 Å². The minimum Gasteiger partial charge on any atom is -0.495 e. The minimum atomic E-state index is -0.0963. The van der Waals surface area contributed by atoms with Gasteiger partial charge in [0.1, 0.15) is 5.75 Å². The molecule has 0 atom stereocenters. The number of methoxy groups -OCH3 is 1. The number of pyridine rings is 1. The van der Waals surface area contributed by atoms with Gasteiger partial charge in [0.2, 0.25) is 5.95 Å². The zero-order valence-corrected chi connectivity index (χ0v) is 18.7. The number of nitrogens with two attached hydrogens (primary N) is 1. The molecule has 1 aliphatic carbocycles. The fourth-order valence-corrected chi connectivity index (χ4v) is 5.01. The Hall–Kier alpha value is -3.13. The maximum Gasteiger partial charge on any atom is 0.254 e. The number of ether oxygens (including phenoxy) is 1. The molecule has 1 aliphatic heterocycles. The van der Waals surface area contributed by atoms with Crippen LogP contribution < -0.4 is 21.3 Å². The van der Waals surface area contributed by atoms with Gasteiger partial charge in [-0.15, -0.1) is 0 Å². The highest BCUT2D eigenvalue weighted by molar-refractivity contribution is 5.88. The zero-order chi connectivity index (χ0) is 22.2. The van der Waals surface area contributed by atoms with Crippen LogP contribution in [0, 0.1) is 0 Å². The Kier molecular flexibility index (Phi) is 5.46. The summed E-state index contributed by atoms with van der Waals surface area (Å²) in [4.78, 5) is 24.5. The van der Waals surface area contributed by atoms with Crippen LogP contribution in [0.1, 0.15) is 49.3 Å². The van der Waals surface area contributed by atoms with Crippen LogP contribution in [0.2, 0.25) is 0 Å². The Morgan fingerprint density at radius 2 is 1.97 bits per heavy atom. The lowest BCUT2D eigenvalue weighted by Crippen LogP contribution is -2.27. The molecule has 0 spiro atoms. The van der Waals surface area contributed by atoms with Crippen molar-refractivity contribution in [2.24, 2.45) is 0 Å². The Morgan fingerprint density at radius 3 is 2.75 bits per heavy atom. The molecule has 0 radical (unpaired) electrons. The van der Waals surface area contributed by atoms with E-state index in [-0.39, 0.29) is 11.6 Å². The summed E-state index contributed by atoms with van der Waals surface area (Å²) < 4.78 is 7.46. The second kappa shape index (κ2) is 8.43. The van der Waals surface area contributed by atoms with Crippen molar-refractivity contribution in [3.05, 3.63) is 45.9 Å². The first-order valence-electron chi connectivity index (χ1n) is 11.4. The summed E-state index contributed by atoms with van der Waals surface area (Å²) in [5.41, 5.74) is 10.5. The summed E-state index contributed by atoms with van der Waals surface area (Å²) >= 11 is 0. The van der Waals surface area contributed by atoms with Crippen LogP contribution in [-0.4, -0.2) is 40.1 Å². The number of rotatable bonds is 4. The maximum absolute atomic E-state index is 12.9. The molecule has 2 aliphatic rings. The third-order valence-electron chi connectivity index (χ3n) is 6.74. The molecular formula is C24H30N6O2. The van der Waals surface area contributed by atoms with Gasteiger partial charge in [-0.05, 0) is 49.6 Å². The highest BCUT2D eigenvalue weighted by Crippen LogP contribution is 2.34. The lowest BCUT2D eigenvalue weighted by Gasteiger charge is -2.26. The van der Waals surface area contributed by atoms with Gasteiger partial charge in [-0.2, -0.15) is 4.98 Å². The van der Waals surface area contributed by atoms with Gasteiger partial charge in [0.15, 0.2) is 5.65 Å². The van der Waals surface area contributed by atoms with Crippen LogP contribution in [0.25, 0.3) is 11.0 Å². The van der Waals surface area contributed by atoms with Crippen LogP contribution in [0.4, 0.5) is 17.3 Å². The van der Waals surface area contributed by atoms with Crippen LogP contribution >= 0.6 is 0 Å². The third kappa shape index (κ3) is 3.79. The van der Waals surface area contributed by atoms with Gasteiger partial charge >= 0.3 is 0 Å². The van der Waals surface area contributed by atoms with E-state index in [1.165, 1.54) is 23.6 Å². The monoisotopic (exact) mass is 434 g/mol. The molecule has 8 heteroatoms. The molecule has 0 unspecified atom stereocenters. The predicted molar refractivity (Wildman–Crippen MR) is 127 cm³/mol. The van der Waals surface area contributed by atoms with E-state index in [1.807, 2.05) is 4.57 Å². The van der Waals surface area contributed by atoms with Gasteiger partial charge in [-0.25, -0.2) is 4.98 Å². The standard InChI is InChI=1S/C24H30N6O2/c1-29-9-8-15-11-21(32-2)20(10-16(15)14-29)27-24-26-13-18-19(25)12-22(31)30(23(18)28-24)17-6-4-3-5-7-17/h10-13,17H,3-9,14,25H2,1-2H3,(H,26,27,28). The van der Waals surface area contributed by atoms with Gasteiger partial charge in [-0.3, -0.25) is 9.36 Å². The van der Waals surface area contributed by atoms with Crippen molar-refractivity contribution in [1.82, 2.24) is 19.4 Å². The molecule has 3 heterocycles. The molecule has 168 valence electrons. The van der Waals surface area contributed by atoms with E-state index < -0.39 is 0 Å². The number of nitrogens with one attached hydrogen (secondary N) is 1. The van der Waals surface area contributed by atoms with Crippen molar-refractivity contribution in [3.8, 4) is 5.75 Å². The van der Waals surface area contributed by atoms with Crippen molar-refractivity contribution in [2.75, 3.05) is 31.8 Å². The van der Waals surface area contributed by atoms with Gasteiger partial charge in [0.05, 0.1) is 18.2 Å². The van der Waals surface area contributed by atoms with Crippen molar-refractivity contribution < 1.29 is 4.74 Å². The summed E-state index contributed by atoms with van der Waals surface area (Å²) in [7, 11) is 3.80. The van der Waals surface area contributed by atoms with Crippen LogP contribution in [-0.2, 0) is 13.0 Å². The first kappa shape index (κ1) is 20.8. The van der Waals surface area contributed by atoms with Crippen LogP contribution in [0.3, 0.4) is 0 Å². The van der Waals surface area contributed by atoms with Crippen molar-refractivity contribution in [2.45, 2.75) is 51.1 Å². The van der Waals surface area contributed by atoms with Gasteiger partial charge in [-0.1, -0.05) is 19.3 Å². The molecule has 5 rings (SSSR count). The fraction of sp³-hybridized carbons (Fsp3) is 0.458. The normalized spacial score (nSPS) is 17.3. The molecule has 0 saturated heterocycles. The third-order valence-corrected chi connectivity index (χ3v) is 6.74. The van der Waals surface area contributed by atoms with Crippen molar-refractivity contribution >= 4 is 28.4 Å². The summed E-state index contributed by atoms with van der Waals surface area (Å²) in [6.45, 7) is 1.93. The van der Waals surface area contributed by atoms with E-state index in [2.05, 4.69) is 34.4 Å². The summed E-state index contributed by atoms with van der Waals surface area (Å²) in [5, 5.41) is 4.04. The summed E-state index contributed by atoms with van der Waals surface area (Å²) in [6, 6.07) is 5.86. The highest BCUT2D eigenvalue weighted by Gasteiger charge is 2.21. The molecule has 32 heavy (non-hydrogen) atoms. The lowest BCUT2D eigenvalue weighted by atomic mass is 9.95. The second-order valence-corrected chi connectivity index (χ2v) is 8.96. The van der Waals surface area contributed by atoms with Gasteiger partial charge in [0, 0.05) is 37.1 Å². The average molecular weight is 435 g/mol. The van der Waals surface area contributed by atoms with Gasteiger partial charge < -0.3 is 20.7 Å². The number of hydrogen-bond donors (Lipinski definition) is 2. The number of fused-ring (bicyclic) bond motifs is 2. The molecule has 1 aromatic carbocycles. The number of anilines is 3. The second-order valence-electron chi connectivity index (χ2n) is 8.96. The Balaban J connectivity index is 1.57. The SMILES string of the molecule is COc1cc2c(cc1Nc1ncc3c(N)cc(=O)n(C4CCCCC4)c3n1)CN(C)CC2. The number of hydrogen-bond acceptors (Lipinski definition) is 7. The highest BCUT2D eigenvalue weighted by atomic mass is 16.5. The lowest BCUT2D eigenvalue weighted by molar-refractivity contribution is 0.312. The van der Waals surface area contributed by atoms with Crippen molar-refractivity contribution in [1.29, 1.82) is 0 Å². The topological polar surface area (TPSA) is 98.3 Å². The van der Waals surface area contributed by atoms with E-state index in [1.54, 1.807) is 13.3 Å². The molecule has 1 fully saturated rings. The molecule has 3 N–H and O–H groups in total. The Labute approximate surface area is 187 Å². The number of aromatic nitrogens is 3. The van der Waals surface area contributed by atoms with E-state index in [0.29, 0.717) is 22.7 Å². The Morgan fingerprint density at radius 1 is 1.16 bits per heavy atom. The summed E-state index contributed by atoms with van der Waals surface area (Å²) in [5.74, 6) is 1.18. The minimum absolute atomic E-state index is 0.0963. The van der Waals surface area contributed by atoms with Crippen LogP contribution in [0.15, 0.2) is 29.2 Å². The number of benzene rings is 1. The molecule has 3 aromatic rings. The molecule has 0 amide bonds. The van der Waals surface area contributed by atoms with Crippen LogP contribution in [0.5, 0.6) is 5.75 Å². The largest absolute Gasteiger partial charge is 0.495 e. The summed E-state index contributed by atoms with van der Waals surface area (Å²) in [6.07, 6.45) is 8.14. The fourth-order valence-electron chi connectivity index (χ4n) is 5.01. The van der Waals surface area contributed by atoms with E-state index in [9.17, 15) is 4.79 Å². The number of nitrogens with zero attached hydrogens (tertiary/aromatic N) is 4. The number of likely N-dealkylation sites (N-methyl/N-ethyl adjacent to an activating group) is 1. The Bertz CT molecular complexity index is 1220. The first-order chi connectivity index (χ1) is 15.5. The molecule has 0 bridgehead atoms. The van der Waals surface area contributed by atoms with E-state index in [4.69, 9.17) is 15.5 Å². The van der Waals surface area contributed by atoms with Crippen molar-refractivity contribution in [3.63, 3.8) is 0 Å². The van der Waals surface area contributed by atoms with E-state index >= 15 is 0 Å². The predicted octanol–water partition coefficient (Wildman–Crippen LogP) is 3.62. The molecule has 8 nitrogen and oxygen atoms in total.